The molecule has 6 heteroatoms. The normalized spacial score (nSPS) is 11.6. The van der Waals surface area contributed by atoms with Crippen molar-refractivity contribution in [2.75, 3.05) is 0 Å². The van der Waals surface area contributed by atoms with E-state index in [-0.39, 0.29) is 0 Å². The molecule has 15 aromatic carbocycles. The van der Waals surface area contributed by atoms with E-state index in [9.17, 15) is 0 Å². The Bertz CT molecular complexity index is 6230. The molecule has 0 aliphatic carbocycles. The number of rotatable bonds is 12. The first-order chi connectivity index (χ1) is 49.6. The first kappa shape index (κ1) is 58.0. The maximum absolute atomic E-state index is 5.49. The highest BCUT2D eigenvalue weighted by Gasteiger charge is 2.25. The van der Waals surface area contributed by atoms with Gasteiger partial charge in [-0.1, -0.05) is 297 Å². The van der Waals surface area contributed by atoms with Crippen LogP contribution in [0.4, 0.5) is 0 Å². The summed E-state index contributed by atoms with van der Waals surface area (Å²) in [6.07, 6.45) is 0. The molecule has 100 heavy (non-hydrogen) atoms. The summed E-state index contributed by atoms with van der Waals surface area (Å²) in [5.74, 6) is 1.32. The van der Waals surface area contributed by atoms with Crippen LogP contribution in [0.25, 0.3) is 189 Å². The molecule has 0 radical (unpaired) electrons. The molecule has 0 spiro atoms. The van der Waals surface area contributed by atoms with Crippen molar-refractivity contribution >= 4 is 65.2 Å². The third kappa shape index (κ3) is 10.0. The molecule has 19 aromatic rings. The number of aromatic nitrogens is 6. The standard InChI is InChI=1S/C94H60N6/c1-7-26-61(27-8-1)68-52-54-85-79(57-68)90-73(44-24-46-87(90)99(85)72-38-17-6-18-39-72)70-36-23-37-71(56-70)93-95-81(63-30-11-3-12-31-63)59-84(96-93)66-48-50-67(51-49-66)89-74-40-19-21-42-76(74)92(77-43-22-20-41-75(77)89)100-86-55-53-69(62-28-9-2-10-29-62)58-80(86)91-78(45-25-47-88(91)100)94-97-82(64-32-13-4-14-33-64)60-83(98-94)65-34-15-5-16-35-65/h1-60H. The van der Waals surface area contributed by atoms with Crippen molar-refractivity contribution in [3.63, 3.8) is 0 Å². The first-order valence-electron chi connectivity index (χ1n) is 34.0. The number of nitrogens with zero attached hydrogens (tertiary/aromatic N) is 6. The molecule has 0 atom stereocenters. The van der Waals surface area contributed by atoms with E-state index in [2.05, 4.69) is 361 Å². The third-order valence-corrected chi connectivity index (χ3v) is 19.7. The Hall–Kier alpha value is -13.4. The van der Waals surface area contributed by atoms with Gasteiger partial charge in [0.1, 0.15) is 0 Å². The lowest BCUT2D eigenvalue weighted by molar-refractivity contribution is 1.18. The van der Waals surface area contributed by atoms with Crippen molar-refractivity contribution in [1.82, 2.24) is 29.1 Å². The van der Waals surface area contributed by atoms with Crippen LogP contribution in [-0.2, 0) is 0 Å². The SMILES string of the molecule is c1ccc(-c2ccc3c(c2)c2c(-c4cccc(-c5nc(-c6ccccc6)cc(-c6ccc(-c7c8ccccc8c(-n8c9ccc(-c%10ccccc%10)cc9c9c(-c%10nc(-c%11ccccc%11)cc(-c%11ccccc%11)n%10)cccc98)c8ccccc78)cc6)n5)c4)cccc2n3-c2ccccc2)cc1. The Morgan fingerprint density at radius 2 is 0.550 bits per heavy atom. The lowest BCUT2D eigenvalue weighted by Gasteiger charge is -2.20. The monoisotopic (exact) mass is 1270 g/mol. The van der Waals surface area contributed by atoms with Crippen molar-refractivity contribution in [3.8, 4) is 124 Å². The van der Waals surface area contributed by atoms with Crippen LogP contribution in [0.15, 0.2) is 364 Å². The number of hydrogen-bond donors (Lipinski definition) is 0. The Labute approximate surface area is 578 Å². The Kier molecular flexibility index (Phi) is 14.1. The summed E-state index contributed by atoms with van der Waals surface area (Å²) in [6.45, 7) is 0. The molecule has 466 valence electrons. The van der Waals surface area contributed by atoms with Gasteiger partial charge in [-0.05, 0) is 122 Å². The molecular formula is C94H60N6. The summed E-state index contributed by atoms with van der Waals surface area (Å²) in [6, 6.07) is 130. The fourth-order valence-corrected chi connectivity index (χ4v) is 15.1. The minimum Gasteiger partial charge on any atom is -0.309 e. The van der Waals surface area contributed by atoms with Gasteiger partial charge in [-0.25, -0.2) is 19.9 Å². The number of hydrogen-bond acceptors (Lipinski definition) is 4. The largest absolute Gasteiger partial charge is 0.309 e. The average Bonchev–Trinajstić information content (AvgIpc) is 1.47. The van der Waals surface area contributed by atoms with E-state index in [1.165, 1.54) is 21.9 Å². The molecule has 0 saturated carbocycles. The van der Waals surface area contributed by atoms with E-state index in [1.807, 2.05) is 12.1 Å². The topological polar surface area (TPSA) is 61.4 Å². The number of fused-ring (bicyclic) bond motifs is 8. The summed E-state index contributed by atoms with van der Waals surface area (Å²) >= 11 is 0. The predicted molar refractivity (Wildman–Crippen MR) is 416 cm³/mol. The van der Waals surface area contributed by atoms with Gasteiger partial charge in [0.15, 0.2) is 11.6 Å². The predicted octanol–water partition coefficient (Wildman–Crippen LogP) is 24.4. The summed E-state index contributed by atoms with van der Waals surface area (Å²) < 4.78 is 4.89. The van der Waals surface area contributed by atoms with Crippen LogP contribution in [0.1, 0.15) is 0 Å². The highest BCUT2D eigenvalue weighted by molar-refractivity contribution is 6.23. The Morgan fingerprint density at radius 1 is 0.190 bits per heavy atom. The van der Waals surface area contributed by atoms with E-state index in [0.29, 0.717) is 11.6 Å². The fraction of sp³-hybridized carbons (Fsp3) is 0. The minimum atomic E-state index is 0.652. The molecule has 4 aromatic heterocycles. The zero-order valence-corrected chi connectivity index (χ0v) is 54.3. The minimum absolute atomic E-state index is 0.652. The van der Waals surface area contributed by atoms with Crippen molar-refractivity contribution in [3.05, 3.63) is 364 Å². The second kappa shape index (κ2) is 24.3. The van der Waals surface area contributed by atoms with E-state index >= 15 is 0 Å². The summed E-state index contributed by atoms with van der Waals surface area (Å²) in [5, 5.41) is 9.15. The van der Waals surface area contributed by atoms with Crippen molar-refractivity contribution in [2.24, 2.45) is 0 Å². The van der Waals surface area contributed by atoms with Crippen LogP contribution in [0, 0.1) is 0 Å². The highest BCUT2D eigenvalue weighted by Crippen LogP contribution is 2.48. The van der Waals surface area contributed by atoms with Gasteiger partial charge < -0.3 is 9.13 Å². The van der Waals surface area contributed by atoms with E-state index in [0.717, 1.165) is 155 Å². The molecule has 6 nitrogen and oxygen atoms in total. The summed E-state index contributed by atoms with van der Waals surface area (Å²) in [5.41, 5.74) is 25.2. The molecule has 0 N–H and O–H groups in total. The third-order valence-electron chi connectivity index (χ3n) is 19.7. The molecule has 0 aliphatic heterocycles. The fourth-order valence-electron chi connectivity index (χ4n) is 15.1. The van der Waals surface area contributed by atoms with Gasteiger partial charge in [0.2, 0.25) is 0 Å². The van der Waals surface area contributed by atoms with Gasteiger partial charge in [0.05, 0.1) is 50.5 Å². The van der Waals surface area contributed by atoms with Crippen LogP contribution in [0.5, 0.6) is 0 Å². The molecule has 4 heterocycles. The molecule has 0 fully saturated rings. The second-order valence-electron chi connectivity index (χ2n) is 25.6. The van der Waals surface area contributed by atoms with Crippen molar-refractivity contribution in [2.45, 2.75) is 0 Å². The maximum atomic E-state index is 5.49. The Balaban J connectivity index is 0.753. The van der Waals surface area contributed by atoms with Crippen LogP contribution in [0.2, 0.25) is 0 Å². The van der Waals surface area contributed by atoms with Gasteiger partial charge >= 0.3 is 0 Å². The molecule has 0 aliphatic rings. The van der Waals surface area contributed by atoms with Crippen molar-refractivity contribution in [1.29, 1.82) is 0 Å². The highest BCUT2D eigenvalue weighted by atomic mass is 15.0. The quantitative estimate of drug-likeness (QED) is 0.114. The van der Waals surface area contributed by atoms with Gasteiger partial charge in [-0.2, -0.15) is 0 Å². The number of para-hydroxylation sites is 1. The zero-order chi connectivity index (χ0) is 66.0. The van der Waals surface area contributed by atoms with Crippen molar-refractivity contribution < 1.29 is 0 Å². The van der Waals surface area contributed by atoms with Crippen LogP contribution in [-0.4, -0.2) is 29.1 Å². The smallest absolute Gasteiger partial charge is 0.161 e. The van der Waals surface area contributed by atoms with Gasteiger partial charge in [0.25, 0.3) is 0 Å². The summed E-state index contributed by atoms with van der Waals surface area (Å²) in [7, 11) is 0. The zero-order valence-electron chi connectivity index (χ0n) is 54.3. The Morgan fingerprint density at radius 3 is 1.06 bits per heavy atom. The molecular weight excluding hydrogens is 1210 g/mol. The van der Waals surface area contributed by atoms with Gasteiger partial charge in [-0.15, -0.1) is 0 Å². The maximum Gasteiger partial charge on any atom is 0.161 e. The van der Waals surface area contributed by atoms with E-state index in [1.54, 1.807) is 0 Å². The van der Waals surface area contributed by atoms with Crippen LogP contribution in [0.3, 0.4) is 0 Å². The molecule has 0 saturated heterocycles. The van der Waals surface area contributed by atoms with E-state index < -0.39 is 0 Å². The molecule has 0 amide bonds. The molecule has 19 rings (SSSR count). The van der Waals surface area contributed by atoms with E-state index in [4.69, 9.17) is 19.9 Å². The summed E-state index contributed by atoms with van der Waals surface area (Å²) in [4.78, 5) is 21.8. The molecule has 0 unspecified atom stereocenters. The van der Waals surface area contributed by atoms with Crippen LogP contribution < -0.4 is 0 Å². The second-order valence-corrected chi connectivity index (χ2v) is 25.6. The molecule has 0 bridgehead atoms. The van der Waals surface area contributed by atoms with Gasteiger partial charge in [0, 0.05) is 71.4 Å². The lowest BCUT2D eigenvalue weighted by atomic mass is 9.90. The number of benzene rings is 15. The average molecular weight is 1270 g/mol. The van der Waals surface area contributed by atoms with Gasteiger partial charge in [-0.3, -0.25) is 0 Å². The van der Waals surface area contributed by atoms with Crippen LogP contribution >= 0.6 is 0 Å². The lowest BCUT2D eigenvalue weighted by Crippen LogP contribution is -1.99. The first-order valence-corrected chi connectivity index (χ1v) is 34.0.